The van der Waals surface area contributed by atoms with Crippen molar-refractivity contribution < 1.29 is 19.8 Å². The quantitative estimate of drug-likeness (QED) is 0.854. The highest BCUT2D eigenvalue weighted by molar-refractivity contribution is 6.35. The fourth-order valence-electron chi connectivity index (χ4n) is 1.28. The van der Waals surface area contributed by atoms with Crippen LogP contribution >= 0.6 is 23.2 Å². The summed E-state index contributed by atoms with van der Waals surface area (Å²) in [6.07, 6.45) is 0. The Morgan fingerprint density at radius 2 is 1.71 bits per heavy atom. The molecule has 17 heavy (non-hydrogen) atoms. The average Bonchev–Trinajstić information content (AvgIpc) is 2.13. The Morgan fingerprint density at radius 1 is 1.18 bits per heavy atom. The summed E-state index contributed by atoms with van der Waals surface area (Å²) < 4.78 is 0. The van der Waals surface area contributed by atoms with Gasteiger partial charge in [-0.2, -0.15) is 0 Å². The number of benzene rings is 1. The molecule has 1 aromatic carbocycles. The zero-order chi connectivity index (χ0) is 13.0. The monoisotopic (exact) mass is 276 g/mol. The molecule has 0 saturated carbocycles. The van der Waals surface area contributed by atoms with E-state index < -0.39 is 25.0 Å². The second-order valence-corrected chi connectivity index (χ2v) is 4.12. The normalized spacial score (nSPS) is 10.0. The van der Waals surface area contributed by atoms with E-state index in [4.69, 9.17) is 28.3 Å². The lowest BCUT2D eigenvalue weighted by Gasteiger charge is -2.23. The zero-order valence-electron chi connectivity index (χ0n) is 8.52. The van der Waals surface area contributed by atoms with Crippen molar-refractivity contribution in [2.45, 2.75) is 0 Å². The van der Waals surface area contributed by atoms with Crippen LogP contribution in [0.4, 0.5) is 5.69 Å². The van der Waals surface area contributed by atoms with Crippen molar-refractivity contribution in [3.8, 4) is 0 Å². The topological polar surface area (TPSA) is 80.7 Å². The Labute approximate surface area is 107 Å². The summed E-state index contributed by atoms with van der Waals surface area (Å²) >= 11 is 11.5. The molecule has 0 atom stereocenters. The van der Waals surface area contributed by atoms with Gasteiger partial charge in [-0.1, -0.05) is 23.2 Å². The van der Waals surface area contributed by atoms with Gasteiger partial charge in [0.15, 0.2) is 0 Å². The summed E-state index contributed by atoms with van der Waals surface area (Å²) in [6, 6.07) is 4.32. The van der Waals surface area contributed by atoms with E-state index >= 15 is 0 Å². The molecule has 0 spiro atoms. The molecule has 0 amide bonds. The largest absolute Gasteiger partial charge is 0.548 e. The summed E-state index contributed by atoms with van der Waals surface area (Å²) in [7, 11) is 0. The SMILES string of the molecule is O=C([O-])CN(CC(=O)O)c1cc(Cl)cc(Cl)c1. The van der Waals surface area contributed by atoms with Gasteiger partial charge < -0.3 is 19.9 Å². The molecule has 0 fully saturated rings. The van der Waals surface area contributed by atoms with Gasteiger partial charge in [0.25, 0.3) is 0 Å². The predicted octanol–water partition coefficient (Wildman–Crippen LogP) is 0.634. The summed E-state index contributed by atoms with van der Waals surface area (Å²) in [6.45, 7) is -1.03. The van der Waals surface area contributed by atoms with Gasteiger partial charge in [-0.15, -0.1) is 0 Å². The minimum Gasteiger partial charge on any atom is -0.548 e. The molecule has 92 valence electrons. The van der Waals surface area contributed by atoms with Crippen LogP contribution in [0.25, 0.3) is 0 Å². The molecule has 0 unspecified atom stereocenters. The second kappa shape index (κ2) is 5.75. The van der Waals surface area contributed by atoms with E-state index in [0.717, 1.165) is 4.90 Å². The van der Waals surface area contributed by atoms with Gasteiger partial charge >= 0.3 is 5.97 Å². The van der Waals surface area contributed by atoms with Gasteiger partial charge in [-0.3, -0.25) is 4.79 Å². The van der Waals surface area contributed by atoms with Crippen LogP contribution < -0.4 is 10.0 Å². The number of carboxylic acids is 2. The lowest BCUT2D eigenvalue weighted by Crippen LogP contribution is -2.40. The molecular weight excluding hydrogens is 269 g/mol. The Morgan fingerprint density at radius 3 is 2.12 bits per heavy atom. The second-order valence-electron chi connectivity index (χ2n) is 3.25. The van der Waals surface area contributed by atoms with Gasteiger partial charge in [0.2, 0.25) is 0 Å². The Balaban J connectivity index is 3.02. The molecule has 0 aliphatic carbocycles. The molecule has 0 saturated heterocycles. The summed E-state index contributed by atoms with van der Waals surface area (Å²) in [4.78, 5) is 22.2. The van der Waals surface area contributed by atoms with Crippen LogP contribution in [-0.2, 0) is 9.59 Å². The molecule has 0 aliphatic heterocycles. The number of aliphatic carboxylic acids is 2. The third-order valence-corrected chi connectivity index (χ3v) is 2.29. The van der Waals surface area contributed by atoms with Crippen LogP contribution in [-0.4, -0.2) is 30.1 Å². The average molecular weight is 277 g/mol. The third kappa shape index (κ3) is 4.50. The van der Waals surface area contributed by atoms with Crippen LogP contribution in [0.5, 0.6) is 0 Å². The maximum atomic E-state index is 10.6. The van der Waals surface area contributed by atoms with Crippen molar-refractivity contribution in [3.05, 3.63) is 28.2 Å². The maximum Gasteiger partial charge on any atom is 0.323 e. The summed E-state index contributed by atoms with van der Waals surface area (Å²) in [5, 5.41) is 19.8. The van der Waals surface area contributed by atoms with E-state index in [0.29, 0.717) is 15.7 Å². The molecule has 0 aromatic heterocycles. The van der Waals surface area contributed by atoms with Crippen molar-refractivity contribution in [2.24, 2.45) is 0 Å². The van der Waals surface area contributed by atoms with Gasteiger partial charge in [-0.25, -0.2) is 0 Å². The van der Waals surface area contributed by atoms with Gasteiger partial charge in [0.05, 0.1) is 12.5 Å². The van der Waals surface area contributed by atoms with E-state index in [9.17, 15) is 14.7 Å². The molecule has 0 heterocycles. The van der Waals surface area contributed by atoms with E-state index in [1.165, 1.54) is 18.2 Å². The molecule has 7 heteroatoms. The number of rotatable bonds is 5. The highest BCUT2D eigenvalue weighted by Crippen LogP contribution is 2.25. The summed E-state index contributed by atoms with van der Waals surface area (Å²) in [5.41, 5.74) is 0.314. The predicted molar refractivity (Wildman–Crippen MR) is 61.3 cm³/mol. The van der Waals surface area contributed by atoms with Crippen molar-refractivity contribution in [2.75, 3.05) is 18.0 Å². The fraction of sp³-hybridized carbons (Fsp3) is 0.200. The van der Waals surface area contributed by atoms with Crippen molar-refractivity contribution in [3.63, 3.8) is 0 Å². The molecule has 0 radical (unpaired) electrons. The van der Waals surface area contributed by atoms with Gasteiger partial charge in [0.1, 0.15) is 6.54 Å². The first-order valence-corrected chi connectivity index (χ1v) is 5.27. The van der Waals surface area contributed by atoms with Crippen molar-refractivity contribution >= 4 is 40.8 Å². The molecular formula is C10H8Cl2NO4-. The van der Waals surface area contributed by atoms with Crippen LogP contribution in [0.2, 0.25) is 10.0 Å². The molecule has 1 aromatic rings. The molecule has 1 rings (SSSR count). The minimum absolute atomic E-state index is 0.293. The number of hydrogen-bond acceptors (Lipinski definition) is 4. The Hall–Kier alpha value is -1.46. The Kier molecular flexibility index (Phi) is 4.60. The summed E-state index contributed by atoms with van der Waals surface area (Å²) in [5.74, 6) is -2.55. The number of carbonyl (C=O) groups excluding carboxylic acids is 1. The number of nitrogens with zero attached hydrogens (tertiary/aromatic N) is 1. The van der Waals surface area contributed by atoms with Crippen LogP contribution in [0.15, 0.2) is 18.2 Å². The van der Waals surface area contributed by atoms with E-state index in [1.54, 1.807) is 0 Å². The first-order valence-electron chi connectivity index (χ1n) is 4.51. The number of carbonyl (C=O) groups is 2. The zero-order valence-corrected chi connectivity index (χ0v) is 10.0. The minimum atomic E-state index is -1.39. The number of halogens is 2. The first kappa shape index (κ1) is 13.6. The smallest absolute Gasteiger partial charge is 0.323 e. The highest BCUT2D eigenvalue weighted by atomic mass is 35.5. The lowest BCUT2D eigenvalue weighted by atomic mass is 10.3. The maximum absolute atomic E-state index is 10.6. The number of hydrogen-bond donors (Lipinski definition) is 1. The standard InChI is InChI=1S/C10H9Cl2NO4/c11-6-1-7(12)3-8(2-6)13(4-9(14)15)5-10(16)17/h1-3H,4-5H2,(H,14,15)(H,16,17)/p-1. The molecule has 1 N–H and O–H groups in total. The van der Waals surface area contributed by atoms with Crippen LogP contribution in [0.3, 0.4) is 0 Å². The lowest BCUT2D eigenvalue weighted by molar-refractivity contribution is -0.303. The fourth-order valence-corrected chi connectivity index (χ4v) is 1.79. The van der Waals surface area contributed by atoms with E-state index in [-0.39, 0.29) is 0 Å². The first-order chi connectivity index (χ1) is 7.88. The van der Waals surface area contributed by atoms with Crippen molar-refractivity contribution in [1.82, 2.24) is 0 Å². The van der Waals surface area contributed by atoms with E-state index in [2.05, 4.69) is 0 Å². The highest BCUT2D eigenvalue weighted by Gasteiger charge is 2.12. The molecule has 0 bridgehead atoms. The molecule has 5 nitrogen and oxygen atoms in total. The number of carboxylic acid groups (broad SMARTS) is 2. The van der Waals surface area contributed by atoms with Crippen LogP contribution in [0.1, 0.15) is 0 Å². The number of anilines is 1. The third-order valence-electron chi connectivity index (χ3n) is 1.86. The van der Waals surface area contributed by atoms with Crippen molar-refractivity contribution in [1.29, 1.82) is 0 Å². The van der Waals surface area contributed by atoms with Gasteiger partial charge in [0, 0.05) is 15.7 Å². The Bertz CT molecular complexity index is 414. The molecule has 0 aliphatic rings. The van der Waals surface area contributed by atoms with E-state index in [1.807, 2.05) is 0 Å². The van der Waals surface area contributed by atoms with Crippen LogP contribution in [0, 0.1) is 0 Å². The van der Waals surface area contributed by atoms with Gasteiger partial charge in [-0.05, 0) is 18.2 Å².